The zero-order valence-corrected chi connectivity index (χ0v) is 11.7. The molecular formula is C16H20N2O2. The molecule has 1 aromatic rings. The van der Waals surface area contributed by atoms with Crippen molar-refractivity contribution in [2.75, 3.05) is 13.1 Å². The number of nitrogens with zero attached hydrogens (tertiary/aromatic N) is 2. The van der Waals surface area contributed by atoms with Crippen molar-refractivity contribution in [3.8, 4) is 0 Å². The number of hydrogen-bond donors (Lipinski definition) is 0. The standard InChI is InChI=1S/C16H20N2O2/c1-11-15-14-7-13(10-18(15)16(19)20-11)9-17(14)8-12-5-3-2-4-6-12/h2-6,11,13-15H,7-10H2,1H3/t11-,13+,14+,15-/m0/s1. The summed E-state index contributed by atoms with van der Waals surface area (Å²) in [6.07, 6.45) is 1.11. The highest BCUT2D eigenvalue weighted by atomic mass is 16.6. The number of cyclic esters (lactones) is 1. The summed E-state index contributed by atoms with van der Waals surface area (Å²) in [5, 5.41) is 0. The lowest BCUT2D eigenvalue weighted by Crippen LogP contribution is -2.52. The number of likely N-dealkylation sites (tertiary alicyclic amines) is 1. The van der Waals surface area contributed by atoms with Crippen molar-refractivity contribution >= 4 is 6.09 Å². The predicted molar refractivity (Wildman–Crippen MR) is 75.2 cm³/mol. The van der Waals surface area contributed by atoms with E-state index in [1.54, 1.807) is 0 Å². The number of carbonyl (C=O) groups excluding carboxylic acids is 1. The van der Waals surface area contributed by atoms with Gasteiger partial charge in [0, 0.05) is 25.7 Å². The van der Waals surface area contributed by atoms with E-state index in [1.165, 1.54) is 12.0 Å². The normalized spacial score (nSPS) is 36.0. The van der Waals surface area contributed by atoms with Gasteiger partial charge in [-0.05, 0) is 24.8 Å². The minimum absolute atomic E-state index is 0.0184. The Bertz CT molecular complexity index is 518. The van der Waals surface area contributed by atoms with Gasteiger partial charge in [-0.1, -0.05) is 30.3 Å². The quantitative estimate of drug-likeness (QED) is 0.826. The SMILES string of the molecule is C[C@@H]1OC(=O)N2C[C@@H]3C[C@H]([C@H]12)N(Cc1ccccc1)C3. The molecule has 20 heavy (non-hydrogen) atoms. The maximum atomic E-state index is 11.9. The second kappa shape index (κ2) is 4.48. The van der Waals surface area contributed by atoms with Crippen molar-refractivity contribution in [2.24, 2.45) is 5.92 Å². The maximum Gasteiger partial charge on any atom is 0.410 e. The monoisotopic (exact) mass is 272 g/mol. The lowest BCUT2D eigenvalue weighted by atomic mass is 9.91. The third kappa shape index (κ3) is 1.82. The van der Waals surface area contributed by atoms with E-state index in [4.69, 9.17) is 4.74 Å². The second-order valence-electron chi connectivity index (χ2n) is 6.32. The van der Waals surface area contributed by atoms with Gasteiger partial charge in [-0.25, -0.2) is 4.79 Å². The highest BCUT2D eigenvalue weighted by Gasteiger charge is 2.53. The van der Waals surface area contributed by atoms with E-state index in [0.29, 0.717) is 12.0 Å². The van der Waals surface area contributed by atoms with Crippen LogP contribution in [-0.4, -0.2) is 47.2 Å². The molecule has 3 aliphatic heterocycles. The molecule has 0 N–H and O–H groups in total. The molecule has 3 fully saturated rings. The lowest BCUT2D eigenvalue weighted by Gasteiger charge is -2.36. The minimum atomic E-state index is -0.112. The van der Waals surface area contributed by atoms with Crippen molar-refractivity contribution in [3.05, 3.63) is 35.9 Å². The van der Waals surface area contributed by atoms with Crippen LogP contribution in [0.3, 0.4) is 0 Å². The van der Waals surface area contributed by atoms with Crippen LogP contribution in [-0.2, 0) is 11.3 Å². The van der Waals surface area contributed by atoms with Crippen LogP contribution < -0.4 is 0 Å². The Labute approximate surface area is 119 Å². The molecule has 0 unspecified atom stereocenters. The molecule has 3 heterocycles. The Kier molecular flexibility index (Phi) is 2.74. The van der Waals surface area contributed by atoms with Gasteiger partial charge in [0.1, 0.15) is 6.10 Å². The topological polar surface area (TPSA) is 32.8 Å². The molecule has 0 spiro atoms. The first kappa shape index (κ1) is 12.2. The molecule has 0 aromatic heterocycles. The Balaban J connectivity index is 1.57. The van der Waals surface area contributed by atoms with Crippen LogP contribution in [0.25, 0.3) is 0 Å². The molecule has 106 valence electrons. The highest BCUT2D eigenvalue weighted by Crippen LogP contribution is 2.39. The van der Waals surface area contributed by atoms with Crippen LogP contribution in [0.5, 0.6) is 0 Å². The lowest BCUT2D eigenvalue weighted by molar-refractivity contribution is 0.109. The fourth-order valence-electron chi connectivity index (χ4n) is 4.19. The summed E-state index contributed by atoms with van der Waals surface area (Å²) >= 11 is 0. The zero-order chi connectivity index (χ0) is 13.7. The van der Waals surface area contributed by atoms with Crippen LogP contribution >= 0.6 is 0 Å². The summed E-state index contributed by atoms with van der Waals surface area (Å²) in [4.78, 5) is 16.4. The average Bonchev–Trinajstić information content (AvgIpc) is 2.90. The van der Waals surface area contributed by atoms with E-state index in [1.807, 2.05) is 11.8 Å². The van der Waals surface area contributed by atoms with Gasteiger partial charge in [-0.3, -0.25) is 9.80 Å². The molecule has 3 aliphatic rings. The molecule has 1 amide bonds. The summed E-state index contributed by atoms with van der Waals surface area (Å²) in [6, 6.07) is 11.3. The molecule has 3 saturated heterocycles. The average molecular weight is 272 g/mol. The summed E-state index contributed by atoms with van der Waals surface area (Å²) in [5.74, 6) is 0.609. The van der Waals surface area contributed by atoms with Gasteiger partial charge < -0.3 is 4.74 Å². The smallest absolute Gasteiger partial charge is 0.410 e. The number of amides is 1. The molecule has 4 rings (SSSR count). The van der Waals surface area contributed by atoms with Crippen molar-refractivity contribution in [3.63, 3.8) is 0 Å². The summed E-state index contributed by atoms with van der Waals surface area (Å²) < 4.78 is 5.42. The number of ether oxygens (including phenoxy) is 1. The van der Waals surface area contributed by atoms with E-state index in [9.17, 15) is 4.79 Å². The summed E-state index contributed by atoms with van der Waals surface area (Å²) in [6.45, 7) is 4.98. The van der Waals surface area contributed by atoms with Crippen LogP contribution in [0.4, 0.5) is 4.79 Å². The molecule has 4 heteroatoms. The van der Waals surface area contributed by atoms with E-state index in [0.717, 1.165) is 19.6 Å². The molecule has 4 nitrogen and oxygen atoms in total. The van der Waals surface area contributed by atoms with E-state index < -0.39 is 0 Å². The number of benzene rings is 1. The van der Waals surface area contributed by atoms with E-state index >= 15 is 0 Å². The first-order chi connectivity index (χ1) is 9.72. The number of carbonyl (C=O) groups is 1. The van der Waals surface area contributed by atoms with E-state index in [-0.39, 0.29) is 18.2 Å². The number of rotatable bonds is 2. The van der Waals surface area contributed by atoms with Gasteiger partial charge in [0.25, 0.3) is 0 Å². The van der Waals surface area contributed by atoms with E-state index in [2.05, 4.69) is 35.2 Å². The van der Waals surface area contributed by atoms with Crippen LogP contribution in [0.1, 0.15) is 18.9 Å². The second-order valence-corrected chi connectivity index (χ2v) is 6.32. The third-order valence-electron chi connectivity index (χ3n) is 4.98. The summed E-state index contributed by atoms with van der Waals surface area (Å²) in [5.41, 5.74) is 1.35. The van der Waals surface area contributed by atoms with Gasteiger partial charge in [0.15, 0.2) is 0 Å². The van der Waals surface area contributed by atoms with Crippen molar-refractivity contribution in [2.45, 2.75) is 38.1 Å². The van der Waals surface area contributed by atoms with Gasteiger partial charge in [0.2, 0.25) is 0 Å². The van der Waals surface area contributed by atoms with Gasteiger partial charge in [-0.15, -0.1) is 0 Å². The Morgan fingerprint density at radius 3 is 2.85 bits per heavy atom. The van der Waals surface area contributed by atoms with Gasteiger partial charge in [-0.2, -0.15) is 0 Å². The molecule has 4 atom stereocenters. The molecule has 0 radical (unpaired) electrons. The maximum absolute atomic E-state index is 11.9. The zero-order valence-electron chi connectivity index (χ0n) is 11.7. The molecule has 1 aromatic carbocycles. The minimum Gasteiger partial charge on any atom is -0.444 e. The molecule has 0 aliphatic carbocycles. The number of fused-ring (bicyclic) bond motifs is 4. The molecular weight excluding hydrogens is 252 g/mol. The third-order valence-corrected chi connectivity index (χ3v) is 4.98. The molecule has 2 bridgehead atoms. The largest absolute Gasteiger partial charge is 0.444 e. The van der Waals surface area contributed by atoms with Crippen molar-refractivity contribution in [1.29, 1.82) is 0 Å². The fraction of sp³-hybridized carbons (Fsp3) is 0.562. The highest BCUT2D eigenvalue weighted by molar-refractivity contribution is 5.71. The van der Waals surface area contributed by atoms with Crippen LogP contribution in [0, 0.1) is 5.92 Å². The summed E-state index contributed by atoms with van der Waals surface area (Å²) in [7, 11) is 0. The Hall–Kier alpha value is -1.55. The van der Waals surface area contributed by atoms with Crippen LogP contribution in [0.15, 0.2) is 30.3 Å². The molecule has 0 saturated carbocycles. The number of hydrogen-bond acceptors (Lipinski definition) is 3. The van der Waals surface area contributed by atoms with Crippen molar-refractivity contribution in [1.82, 2.24) is 9.80 Å². The van der Waals surface area contributed by atoms with Crippen LogP contribution in [0.2, 0.25) is 0 Å². The first-order valence-electron chi connectivity index (χ1n) is 7.47. The Morgan fingerprint density at radius 1 is 1.25 bits per heavy atom. The van der Waals surface area contributed by atoms with Gasteiger partial charge >= 0.3 is 6.09 Å². The predicted octanol–water partition coefficient (Wildman–Crippen LogP) is 2.10. The first-order valence-corrected chi connectivity index (χ1v) is 7.47. The Morgan fingerprint density at radius 2 is 2.05 bits per heavy atom. The number of piperidine rings is 1. The fourth-order valence-corrected chi connectivity index (χ4v) is 4.19. The van der Waals surface area contributed by atoms with Crippen molar-refractivity contribution < 1.29 is 9.53 Å². The van der Waals surface area contributed by atoms with Gasteiger partial charge in [0.05, 0.1) is 6.04 Å².